The highest BCUT2D eigenvalue weighted by Crippen LogP contribution is 2.45. The summed E-state index contributed by atoms with van der Waals surface area (Å²) in [6, 6.07) is 17.3. The van der Waals surface area contributed by atoms with Crippen molar-refractivity contribution in [2.45, 2.75) is 56.3 Å². The first-order valence-electron chi connectivity index (χ1n) is 11.4. The zero-order valence-electron chi connectivity index (χ0n) is 18.9. The molecule has 2 aromatic rings. The third-order valence-electron chi connectivity index (χ3n) is 7.02. The summed E-state index contributed by atoms with van der Waals surface area (Å²) in [4.78, 5) is 29.4. The van der Waals surface area contributed by atoms with Crippen LogP contribution >= 0.6 is 11.8 Å². The molecule has 0 spiro atoms. The van der Waals surface area contributed by atoms with Gasteiger partial charge in [0.15, 0.2) is 5.78 Å². The highest BCUT2D eigenvalue weighted by molar-refractivity contribution is 7.98. The number of carbonyl (C=O) groups is 2. The Bertz CT molecular complexity index is 1060. The number of carbonyl (C=O) groups excluding carboxylic acids is 2. The Hall–Kier alpha value is -2.57. The molecule has 1 amide bonds. The first-order valence-corrected chi connectivity index (χ1v) is 12.4. The van der Waals surface area contributed by atoms with Gasteiger partial charge in [0, 0.05) is 35.2 Å². The molecular formula is C26H29N3O2S. The zero-order valence-corrected chi connectivity index (χ0v) is 19.7. The number of Topliss-reactive ketones (excluding diaryl/α,β-unsaturated/α-hetero) is 1. The molecule has 0 aromatic heterocycles. The summed E-state index contributed by atoms with van der Waals surface area (Å²) in [6.07, 6.45) is 1.31. The van der Waals surface area contributed by atoms with Crippen LogP contribution in [0.4, 0.5) is 0 Å². The fourth-order valence-corrected chi connectivity index (χ4v) is 6.08. The second kappa shape index (κ2) is 8.41. The van der Waals surface area contributed by atoms with Gasteiger partial charge in [-0.05, 0) is 43.0 Å². The number of fused-ring (bicyclic) bond motifs is 3. The van der Waals surface area contributed by atoms with E-state index >= 15 is 0 Å². The van der Waals surface area contributed by atoms with Crippen molar-refractivity contribution in [3.63, 3.8) is 0 Å². The largest absolute Gasteiger partial charge is 0.320 e. The van der Waals surface area contributed by atoms with Crippen molar-refractivity contribution in [3.8, 4) is 0 Å². The molecule has 1 saturated heterocycles. The fourth-order valence-electron chi connectivity index (χ4n) is 4.99. The van der Waals surface area contributed by atoms with E-state index in [0.29, 0.717) is 30.9 Å². The van der Waals surface area contributed by atoms with Gasteiger partial charge in [0.05, 0.1) is 12.7 Å². The van der Waals surface area contributed by atoms with Crippen LogP contribution in [-0.2, 0) is 15.3 Å². The molecule has 0 bridgehead atoms. The van der Waals surface area contributed by atoms with Gasteiger partial charge in [-0.25, -0.2) is 0 Å². The maximum Gasteiger partial charge on any atom is 0.273 e. The van der Waals surface area contributed by atoms with Crippen molar-refractivity contribution in [2.24, 2.45) is 0 Å². The van der Waals surface area contributed by atoms with Crippen LogP contribution in [-0.4, -0.2) is 45.9 Å². The molecular weight excluding hydrogens is 418 g/mol. The maximum absolute atomic E-state index is 13.5. The van der Waals surface area contributed by atoms with E-state index in [-0.39, 0.29) is 23.8 Å². The van der Waals surface area contributed by atoms with Crippen molar-refractivity contribution in [1.82, 2.24) is 14.9 Å². The predicted molar refractivity (Wildman–Crippen MR) is 127 cm³/mol. The van der Waals surface area contributed by atoms with Crippen molar-refractivity contribution >= 4 is 23.5 Å². The first-order chi connectivity index (χ1) is 15.5. The van der Waals surface area contributed by atoms with Gasteiger partial charge in [-0.3, -0.25) is 14.6 Å². The summed E-state index contributed by atoms with van der Waals surface area (Å²) in [5.74, 6) is 0.977. The molecule has 5 rings (SSSR count). The summed E-state index contributed by atoms with van der Waals surface area (Å²) in [5, 5.41) is 4.44. The maximum atomic E-state index is 13.5. The number of hydrazine groups is 1. The molecule has 6 heteroatoms. The van der Waals surface area contributed by atoms with Gasteiger partial charge in [0.1, 0.15) is 5.70 Å². The highest BCUT2D eigenvalue weighted by atomic mass is 32.2. The van der Waals surface area contributed by atoms with E-state index in [1.165, 1.54) is 21.6 Å². The van der Waals surface area contributed by atoms with E-state index < -0.39 is 0 Å². The van der Waals surface area contributed by atoms with Crippen LogP contribution in [0.1, 0.15) is 56.3 Å². The molecule has 0 aliphatic carbocycles. The smallest absolute Gasteiger partial charge is 0.273 e. The van der Waals surface area contributed by atoms with E-state index in [9.17, 15) is 9.59 Å². The normalized spacial score (nSPS) is 22.3. The van der Waals surface area contributed by atoms with E-state index in [2.05, 4.69) is 72.4 Å². The Labute approximate surface area is 194 Å². The average Bonchev–Trinajstić information content (AvgIpc) is 2.98. The molecule has 2 atom stereocenters. The summed E-state index contributed by atoms with van der Waals surface area (Å²) in [5.41, 5.74) is 5.00. The number of allylic oxidation sites excluding steroid dienone is 1. The van der Waals surface area contributed by atoms with Gasteiger partial charge in [-0.2, -0.15) is 5.01 Å². The zero-order chi connectivity index (χ0) is 22.4. The topological polar surface area (TPSA) is 43.9 Å². The minimum atomic E-state index is -0.0225. The van der Waals surface area contributed by atoms with Gasteiger partial charge in [-0.15, -0.1) is 11.8 Å². The van der Waals surface area contributed by atoms with E-state index in [1.54, 1.807) is 0 Å². The Balaban J connectivity index is 1.71. The number of rotatable bonds is 3. The molecule has 166 valence electrons. The molecule has 5 nitrogen and oxygen atoms in total. The Kier molecular flexibility index (Phi) is 5.59. The standard InChI is InChI=1S/C26H29N3O2S/c1-4-17(2)27-16-29(28-14-13-22(30)18(3)24(28)26(27)31)25-20-10-6-5-9-19(20)15-32-23-12-8-7-11-21(23)25/h5-12,17,25H,4,13-16H2,1-3H3. The van der Waals surface area contributed by atoms with Crippen LogP contribution < -0.4 is 0 Å². The molecule has 1 fully saturated rings. The number of hydrogen-bond donors (Lipinski definition) is 0. The molecule has 32 heavy (non-hydrogen) atoms. The lowest BCUT2D eigenvalue weighted by atomic mass is 9.93. The lowest BCUT2D eigenvalue weighted by molar-refractivity contribution is -0.161. The molecule has 3 heterocycles. The van der Waals surface area contributed by atoms with Gasteiger partial charge >= 0.3 is 0 Å². The number of thioether (sulfide) groups is 1. The SMILES string of the molecule is CCC(C)N1CN(C2c3ccccc3CSc3ccccc32)N2CCC(=O)C(C)=C2C1=O. The number of amides is 1. The fraction of sp³-hybridized carbons (Fsp3) is 0.385. The lowest BCUT2D eigenvalue weighted by Crippen LogP contribution is -2.62. The lowest BCUT2D eigenvalue weighted by Gasteiger charge is -2.52. The average molecular weight is 448 g/mol. The molecule has 2 unspecified atom stereocenters. The molecule has 3 aliphatic heterocycles. The van der Waals surface area contributed by atoms with E-state index in [4.69, 9.17) is 0 Å². The van der Waals surface area contributed by atoms with E-state index in [1.807, 2.05) is 23.6 Å². The van der Waals surface area contributed by atoms with Gasteiger partial charge in [-0.1, -0.05) is 49.4 Å². The highest BCUT2D eigenvalue weighted by Gasteiger charge is 2.44. The molecule has 2 aromatic carbocycles. The molecule has 0 radical (unpaired) electrons. The number of nitrogens with zero attached hydrogens (tertiary/aromatic N) is 3. The minimum absolute atomic E-state index is 0.0203. The molecule has 3 aliphatic rings. The van der Waals surface area contributed by atoms with Crippen LogP contribution in [0.2, 0.25) is 0 Å². The van der Waals surface area contributed by atoms with Crippen molar-refractivity contribution in [1.29, 1.82) is 0 Å². The minimum Gasteiger partial charge on any atom is -0.320 e. The summed E-state index contributed by atoms with van der Waals surface area (Å²) in [6.45, 7) is 7.06. The Morgan fingerprint density at radius 2 is 1.78 bits per heavy atom. The summed E-state index contributed by atoms with van der Waals surface area (Å²) < 4.78 is 0. The van der Waals surface area contributed by atoms with Crippen molar-refractivity contribution in [2.75, 3.05) is 13.2 Å². The predicted octanol–water partition coefficient (Wildman–Crippen LogP) is 4.75. The Morgan fingerprint density at radius 1 is 1.06 bits per heavy atom. The molecule has 0 saturated carbocycles. The van der Waals surface area contributed by atoms with E-state index in [0.717, 1.165) is 12.2 Å². The first kappa shape index (κ1) is 21.3. The van der Waals surface area contributed by atoms with Gasteiger partial charge in [0.25, 0.3) is 5.91 Å². The number of hydrogen-bond acceptors (Lipinski definition) is 5. The second-order valence-electron chi connectivity index (χ2n) is 8.81. The van der Waals surface area contributed by atoms with Crippen LogP contribution in [0.3, 0.4) is 0 Å². The number of benzene rings is 2. The summed E-state index contributed by atoms with van der Waals surface area (Å²) in [7, 11) is 0. The Morgan fingerprint density at radius 3 is 2.56 bits per heavy atom. The second-order valence-corrected chi connectivity index (χ2v) is 9.83. The summed E-state index contributed by atoms with van der Waals surface area (Å²) >= 11 is 1.87. The van der Waals surface area contributed by atoms with Gasteiger partial charge < -0.3 is 4.90 Å². The van der Waals surface area contributed by atoms with Crippen LogP contribution in [0.15, 0.2) is 64.7 Å². The monoisotopic (exact) mass is 447 g/mol. The molecule has 0 N–H and O–H groups in total. The van der Waals surface area contributed by atoms with Crippen molar-refractivity contribution in [3.05, 3.63) is 76.5 Å². The van der Waals surface area contributed by atoms with Crippen molar-refractivity contribution < 1.29 is 9.59 Å². The van der Waals surface area contributed by atoms with Crippen LogP contribution in [0.5, 0.6) is 0 Å². The van der Waals surface area contributed by atoms with Gasteiger partial charge in [0.2, 0.25) is 0 Å². The third-order valence-corrected chi connectivity index (χ3v) is 8.16. The van der Waals surface area contributed by atoms with Crippen LogP contribution in [0.25, 0.3) is 0 Å². The third kappa shape index (κ3) is 3.37. The number of ketones is 1. The van der Waals surface area contributed by atoms with Crippen LogP contribution in [0, 0.1) is 0 Å². The quantitative estimate of drug-likeness (QED) is 0.680.